The highest BCUT2D eigenvalue weighted by Gasteiger charge is 2.03. The van der Waals surface area contributed by atoms with Gasteiger partial charge in [-0.25, -0.2) is 0 Å². The summed E-state index contributed by atoms with van der Waals surface area (Å²) >= 11 is 0. The SMILES string of the molecule is COc1ccc2c(N=[N+]=[N-])cc(C)nc2c1. The molecule has 0 spiro atoms. The summed E-state index contributed by atoms with van der Waals surface area (Å²) in [7, 11) is 1.60. The van der Waals surface area contributed by atoms with Crippen LogP contribution >= 0.6 is 0 Å². The Morgan fingerprint density at radius 1 is 1.38 bits per heavy atom. The molecule has 0 aliphatic carbocycles. The molecule has 0 fully saturated rings. The Bertz CT molecular complexity index is 588. The molecule has 5 heteroatoms. The molecule has 0 atom stereocenters. The van der Waals surface area contributed by atoms with Crippen LogP contribution in [0.1, 0.15) is 5.69 Å². The molecule has 0 bridgehead atoms. The van der Waals surface area contributed by atoms with Crippen LogP contribution in [0.3, 0.4) is 0 Å². The van der Waals surface area contributed by atoms with Crippen LogP contribution in [0.15, 0.2) is 29.4 Å². The number of hydrogen-bond acceptors (Lipinski definition) is 3. The van der Waals surface area contributed by atoms with Crippen LogP contribution in [0.5, 0.6) is 5.75 Å². The average molecular weight is 214 g/mol. The third kappa shape index (κ3) is 1.76. The van der Waals surface area contributed by atoms with Gasteiger partial charge in [0.25, 0.3) is 0 Å². The minimum atomic E-state index is 0.590. The standard InChI is InChI=1S/C11H10N4O/c1-7-5-11(14-15-12)9-4-3-8(16-2)6-10(9)13-7/h3-6H,1-2H3. The van der Waals surface area contributed by atoms with Crippen molar-refractivity contribution < 1.29 is 4.74 Å². The van der Waals surface area contributed by atoms with Gasteiger partial charge >= 0.3 is 0 Å². The van der Waals surface area contributed by atoms with E-state index in [1.54, 1.807) is 13.2 Å². The van der Waals surface area contributed by atoms with Gasteiger partial charge in [0.1, 0.15) is 5.75 Å². The predicted molar refractivity (Wildman–Crippen MR) is 61.8 cm³/mol. The summed E-state index contributed by atoms with van der Waals surface area (Å²) in [6, 6.07) is 7.23. The molecule has 2 aromatic rings. The van der Waals surface area contributed by atoms with Gasteiger partial charge in [0.15, 0.2) is 0 Å². The van der Waals surface area contributed by atoms with Crippen molar-refractivity contribution in [2.24, 2.45) is 5.11 Å². The van der Waals surface area contributed by atoms with Gasteiger partial charge in [-0.15, -0.1) is 0 Å². The number of ether oxygens (including phenoxy) is 1. The highest BCUT2D eigenvalue weighted by atomic mass is 16.5. The lowest BCUT2D eigenvalue weighted by atomic mass is 10.1. The Morgan fingerprint density at radius 2 is 2.19 bits per heavy atom. The lowest BCUT2D eigenvalue weighted by molar-refractivity contribution is 0.415. The number of hydrogen-bond donors (Lipinski definition) is 0. The van der Waals surface area contributed by atoms with Crippen molar-refractivity contribution in [2.45, 2.75) is 6.92 Å². The van der Waals surface area contributed by atoms with Crippen molar-refractivity contribution in [1.29, 1.82) is 0 Å². The van der Waals surface area contributed by atoms with Gasteiger partial charge in [0.05, 0.1) is 12.6 Å². The molecule has 0 saturated heterocycles. The Hall–Kier alpha value is -2.26. The van der Waals surface area contributed by atoms with Crippen LogP contribution in [0.4, 0.5) is 5.69 Å². The molecule has 5 nitrogen and oxygen atoms in total. The van der Waals surface area contributed by atoms with Gasteiger partial charge < -0.3 is 4.74 Å². The summed E-state index contributed by atoms with van der Waals surface area (Å²) in [6.07, 6.45) is 0. The number of pyridine rings is 1. The van der Waals surface area contributed by atoms with Crippen LogP contribution in [-0.2, 0) is 0 Å². The first-order chi connectivity index (χ1) is 7.74. The monoisotopic (exact) mass is 214 g/mol. The normalized spacial score (nSPS) is 9.88. The van der Waals surface area contributed by atoms with E-state index in [-0.39, 0.29) is 0 Å². The Morgan fingerprint density at radius 3 is 2.88 bits per heavy atom. The topological polar surface area (TPSA) is 70.9 Å². The van der Waals surface area contributed by atoms with Crippen LogP contribution in [0.25, 0.3) is 21.3 Å². The molecule has 0 N–H and O–H groups in total. The summed E-state index contributed by atoms with van der Waals surface area (Å²) in [4.78, 5) is 7.17. The first kappa shape index (κ1) is 10.3. The van der Waals surface area contributed by atoms with E-state index in [9.17, 15) is 0 Å². The summed E-state index contributed by atoms with van der Waals surface area (Å²) < 4.78 is 5.12. The van der Waals surface area contributed by atoms with E-state index in [0.29, 0.717) is 5.69 Å². The second kappa shape index (κ2) is 4.08. The Balaban J connectivity index is 2.77. The van der Waals surface area contributed by atoms with Gasteiger partial charge in [0, 0.05) is 27.7 Å². The number of benzene rings is 1. The third-order valence-corrected chi connectivity index (χ3v) is 2.28. The predicted octanol–water partition coefficient (Wildman–Crippen LogP) is 3.49. The smallest absolute Gasteiger partial charge is 0.121 e. The van der Waals surface area contributed by atoms with Crippen LogP contribution < -0.4 is 4.74 Å². The fourth-order valence-electron chi connectivity index (χ4n) is 1.58. The van der Waals surface area contributed by atoms with Crippen LogP contribution in [-0.4, -0.2) is 12.1 Å². The summed E-state index contributed by atoms with van der Waals surface area (Å²) in [5.74, 6) is 0.734. The van der Waals surface area contributed by atoms with Gasteiger partial charge in [-0.05, 0) is 30.7 Å². The van der Waals surface area contributed by atoms with Crippen molar-refractivity contribution in [1.82, 2.24) is 4.98 Å². The maximum Gasteiger partial charge on any atom is 0.121 e. The van der Waals surface area contributed by atoms with Gasteiger partial charge in [-0.3, -0.25) is 4.98 Å². The molecular weight excluding hydrogens is 204 g/mol. The molecule has 16 heavy (non-hydrogen) atoms. The average Bonchev–Trinajstić information content (AvgIpc) is 2.28. The Labute approximate surface area is 92.3 Å². The number of aryl methyl sites for hydroxylation is 1. The quantitative estimate of drug-likeness (QED) is 0.436. The fourth-order valence-corrected chi connectivity index (χ4v) is 1.58. The summed E-state index contributed by atoms with van der Waals surface area (Å²) in [5, 5.41) is 4.47. The summed E-state index contributed by atoms with van der Waals surface area (Å²) in [6.45, 7) is 1.86. The zero-order valence-corrected chi connectivity index (χ0v) is 9.01. The lowest BCUT2D eigenvalue weighted by Gasteiger charge is -2.05. The number of aromatic nitrogens is 1. The maximum absolute atomic E-state index is 8.48. The number of nitrogens with zero attached hydrogens (tertiary/aromatic N) is 4. The van der Waals surface area contributed by atoms with Crippen molar-refractivity contribution in [3.05, 3.63) is 40.4 Å². The molecule has 0 saturated carbocycles. The number of methoxy groups -OCH3 is 1. The van der Waals surface area contributed by atoms with Crippen molar-refractivity contribution in [3.63, 3.8) is 0 Å². The van der Waals surface area contributed by atoms with E-state index >= 15 is 0 Å². The van der Waals surface area contributed by atoms with Gasteiger partial charge in [-0.2, -0.15) is 0 Å². The van der Waals surface area contributed by atoms with Crippen LogP contribution in [0.2, 0.25) is 0 Å². The van der Waals surface area contributed by atoms with Crippen molar-refractivity contribution in [2.75, 3.05) is 7.11 Å². The molecule has 2 rings (SSSR count). The highest BCUT2D eigenvalue weighted by molar-refractivity contribution is 5.90. The molecule has 1 heterocycles. The first-order valence-electron chi connectivity index (χ1n) is 4.75. The second-order valence-electron chi connectivity index (χ2n) is 3.36. The zero-order valence-electron chi connectivity index (χ0n) is 9.01. The second-order valence-corrected chi connectivity index (χ2v) is 3.36. The molecule has 0 aliphatic heterocycles. The number of rotatable bonds is 2. The van der Waals surface area contributed by atoms with Crippen molar-refractivity contribution >= 4 is 16.6 Å². The number of azide groups is 1. The van der Waals surface area contributed by atoms with Gasteiger partial charge in [-0.1, -0.05) is 5.11 Å². The molecule has 80 valence electrons. The lowest BCUT2D eigenvalue weighted by Crippen LogP contribution is -1.87. The third-order valence-electron chi connectivity index (χ3n) is 2.28. The molecule has 1 aromatic carbocycles. The van der Waals surface area contributed by atoms with E-state index in [1.807, 2.05) is 25.1 Å². The maximum atomic E-state index is 8.48. The highest BCUT2D eigenvalue weighted by Crippen LogP contribution is 2.28. The minimum Gasteiger partial charge on any atom is -0.497 e. The minimum absolute atomic E-state index is 0.590. The Kier molecular flexibility index (Phi) is 2.62. The molecule has 0 aliphatic rings. The van der Waals surface area contributed by atoms with E-state index in [0.717, 1.165) is 22.3 Å². The van der Waals surface area contributed by atoms with E-state index in [1.165, 1.54) is 0 Å². The molecule has 0 amide bonds. The first-order valence-corrected chi connectivity index (χ1v) is 4.75. The number of fused-ring (bicyclic) bond motifs is 1. The van der Waals surface area contributed by atoms with Crippen LogP contribution in [0, 0.1) is 6.92 Å². The molecular formula is C11H10N4O. The van der Waals surface area contributed by atoms with E-state index in [4.69, 9.17) is 10.3 Å². The van der Waals surface area contributed by atoms with Gasteiger partial charge in [0.2, 0.25) is 0 Å². The van der Waals surface area contributed by atoms with Crippen molar-refractivity contribution in [3.8, 4) is 5.75 Å². The molecule has 0 unspecified atom stereocenters. The van der Waals surface area contributed by atoms with E-state index in [2.05, 4.69) is 15.0 Å². The largest absolute Gasteiger partial charge is 0.497 e. The molecule has 1 aromatic heterocycles. The zero-order chi connectivity index (χ0) is 11.5. The molecule has 0 radical (unpaired) electrons. The summed E-state index contributed by atoms with van der Waals surface area (Å²) in [5.41, 5.74) is 10.6. The fraction of sp³-hybridized carbons (Fsp3) is 0.182. The van der Waals surface area contributed by atoms with E-state index < -0.39 is 0 Å².